The number of aliphatic hydroxyl groups is 1. The molecule has 1 fully saturated rings. The van der Waals surface area contributed by atoms with Crippen LogP contribution in [0.25, 0.3) is 0 Å². The highest BCUT2D eigenvalue weighted by Crippen LogP contribution is 2.32. The first kappa shape index (κ1) is 13.0. The molecule has 0 aliphatic heterocycles. The first-order chi connectivity index (χ1) is 8.16. The second kappa shape index (κ2) is 5.92. The third kappa shape index (κ3) is 3.49. The zero-order valence-corrected chi connectivity index (χ0v) is 11.6. The number of thioether (sulfide) groups is 1. The predicted molar refractivity (Wildman–Crippen MR) is 75.6 cm³/mol. The van der Waals surface area contributed by atoms with Crippen LogP contribution in [0.15, 0.2) is 18.2 Å². The van der Waals surface area contributed by atoms with Crippen LogP contribution < -0.4 is 0 Å². The Bertz CT molecular complexity index is 369. The van der Waals surface area contributed by atoms with Gasteiger partial charge in [-0.1, -0.05) is 31.0 Å². The van der Waals surface area contributed by atoms with Crippen molar-refractivity contribution in [2.45, 2.75) is 50.9 Å². The fourth-order valence-corrected chi connectivity index (χ4v) is 3.66. The summed E-state index contributed by atoms with van der Waals surface area (Å²) < 4.78 is 0. The zero-order valence-electron chi connectivity index (χ0n) is 10.8. The Labute approximate surface area is 109 Å². The van der Waals surface area contributed by atoms with Crippen LogP contribution in [-0.2, 0) is 0 Å². The molecule has 1 atom stereocenters. The van der Waals surface area contributed by atoms with E-state index in [1.54, 1.807) is 0 Å². The molecule has 94 valence electrons. The molecule has 1 aromatic rings. The molecule has 2 heteroatoms. The van der Waals surface area contributed by atoms with E-state index in [-0.39, 0.29) is 6.10 Å². The highest BCUT2D eigenvalue weighted by molar-refractivity contribution is 7.99. The minimum Gasteiger partial charge on any atom is -0.388 e. The first-order valence-electron chi connectivity index (χ1n) is 6.53. The molecule has 1 nitrogen and oxygen atoms in total. The van der Waals surface area contributed by atoms with E-state index in [1.165, 1.54) is 36.8 Å². The maximum absolute atomic E-state index is 10.2. The van der Waals surface area contributed by atoms with E-state index < -0.39 is 0 Å². The summed E-state index contributed by atoms with van der Waals surface area (Å²) in [6.45, 7) is 4.22. The Morgan fingerprint density at radius 2 is 1.94 bits per heavy atom. The third-order valence-corrected chi connectivity index (χ3v) is 5.16. The van der Waals surface area contributed by atoms with Crippen molar-refractivity contribution in [2.24, 2.45) is 0 Å². The van der Waals surface area contributed by atoms with Gasteiger partial charge in [0.1, 0.15) is 0 Å². The lowest BCUT2D eigenvalue weighted by atomic mass is 10.0. The standard InChI is InChI=1S/C15H22OS/c1-11-7-8-13(9-12(11)2)15(16)10-17-14-5-3-4-6-14/h7-9,14-16H,3-6,10H2,1-2H3. The van der Waals surface area contributed by atoms with Gasteiger partial charge < -0.3 is 5.11 Å². The van der Waals surface area contributed by atoms with Gasteiger partial charge in [0, 0.05) is 11.0 Å². The van der Waals surface area contributed by atoms with Gasteiger partial charge in [0.25, 0.3) is 0 Å². The van der Waals surface area contributed by atoms with Gasteiger partial charge >= 0.3 is 0 Å². The smallest absolute Gasteiger partial charge is 0.0880 e. The van der Waals surface area contributed by atoms with E-state index in [0.717, 1.165) is 16.6 Å². The van der Waals surface area contributed by atoms with Crippen LogP contribution in [0.4, 0.5) is 0 Å². The molecule has 0 amide bonds. The molecule has 0 bridgehead atoms. The van der Waals surface area contributed by atoms with E-state index >= 15 is 0 Å². The van der Waals surface area contributed by atoms with Crippen LogP contribution >= 0.6 is 11.8 Å². The van der Waals surface area contributed by atoms with Crippen molar-refractivity contribution in [3.05, 3.63) is 34.9 Å². The van der Waals surface area contributed by atoms with E-state index in [1.807, 2.05) is 11.8 Å². The normalized spacial score (nSPS) is 18.5. The maximum atomic E-state index is 10.2. The number of rotatable bonds is 4. The van der Waals surface area contributed by atoms with Crippen LogP contribution in [0.5, 0.6) is 0 Å². The molecular formula is C15H22OS. The highest BCUT2D eigenvalue weighted by atomic mass is 32.2. The van der Waals surface area contributed by atoms with Crippen molar-refractivity contribution in [2.75, 3.05) is 5.75 Å². The van der Waals surface area contributed by atoms with Gasteiger partial charge in [-0.15, -0.1) is 0 Å². The van der Waals surface area contributed by atoms with Crippen LogP contribution in [0, 0.1) is 13.8 Å². The van der Waals surface area contributed by atoms with Gasteiger partial charge in [-0.05, 0) is 43.4 Å². The summed E-state index contributed by atoms with van der Waals surface area (Å²) in [7, 11) is 0. The van der Waals surface area contributed by atoms with Gasteiger partial charge in [0.05, 0.1) is 6.10 Å². The monoisotopic (exact) mass is 250 g/mol. The minimum absolute atomic E-state index is 0.306. The second-order valence-electron chi connectivity index (χ2n) is 5.10. The SMILES string of the molecule is Cc1ccc(C(O)CSC2CCCC2)cc1C. The van der Waals surface area contributed by atoms with Gasteiger partial charge in [0.15, 0.2) is 0 Å². The second-order valence-corrected chi connectivity index (χ2v) is 6.43. The van der Waals surface area contributed by atoms with E-state index in [2.05, 4.69) is 32.0 Å². The van der Waals surface area contributed by atoms with E-state index in [4.69, 9.17) is 0 Å². The van der Waals surface area contributed by atoms with Crippen molar-refractivity contribution >= 4 is 11.8 Å². The maximum Gasteiger partial charge on any atom is 0.0880 e. The molecule has 1 aromatic carbocycles. The zero-order chi connectivity index (χ0) is 12.3. The average Bonchev–Trinajstić information content (AvgIpc) is 2.82. The molecule has 0 aromatic heterocycles. The van der Waals surface area contributed by atoms with Crippen molar-refractivity contribution in [3.63, 3.8) is 0 Å². The summed E-state index contributed by atoms with van der Waals surface area (Å²) >= 11 is 1.95. The summed E-state index contributed by atoms with van der Waals surface area (Å²) in [6.07, 6.45) is 5.11. The molecule has 1 aliphatic carbocycles. The van der Waals surface area contributed by atoms with Crippen LogP contribution in [0.2, 0.25) is 0 Å². The molecule has 1 N–H and O–H groups in total. The average molecular weight is 250 g/mol. The quantitative estimate of drug-likeness (QED) is 0.871. The van der Waals surface area contributed by atoms with Crippen LogP contribution in [0.3, 0.4) is 0 Å². The first-order valence-corrected chi connectivity index (χ1v) is 7.58. The minimum atomic E-state index is -0.306. The number of hydrogen-bond donors (Lipinski definition) is 1. The Morgan fingerprint density at radius 3 is 2.59 bits per heavy atom. The van der Waals surface area contributed by atoms with Crippen molar-refractivity contribution in [1.82, 2.24) is 0 Å². The number of aryl methyl sites for hydroxylation is 2. The van der Waals surface area contributed by atoms with Gasteiger partial charge in [-0.2, -0.15) is 11.8 Å². The fourth-order valence-electron chi connectivity index (χ4n) is 2.35. The predicted octanol–water partition coefficient (Wildman–Crippen LogP) is 4.01. The van der Waals surface area contributed by atoms with Crippen LogP contribution in [-0.4, -0.2) is 16.1 Å². The molecule has 0 spiro atoms. The molecular weight excluding hydrogens is 228 g/mol. The molecule has 1 saturated carbocycles. The van der Waals surface area contributed by atoms with Gasteiger partial charge in [-0.3, -0.25) is 0 Å². The highest BCUT2D eigenvalue weighted by Gasteiger charge is 2.17. The number of aliphatic hydroxyl groups excluding tert-OH is 1. The Hall–Kier alpha value is -0.470. The summed E-state index contributed by atoms with van der Waals surface area (Å²) in [5, 5.41) is 11.0. The van der Waals surface area contributed by atoms with E-state index in [0.29, 0.717) is 0 Å². The number of benzene rings is 1. The lowest BCUT2D eigenvalue weighted by Crippen LogP contribution is -2.05. The van der Waals surface area contributed by atoms with Gasteiger partial charge in [0.2, 0.25) is 0 Å². The molecule has 1 aliphatic rings. The molecule has 0 saturated heterocycles. The fraction of sp³-hybridized carbons (Fsp3) is 0.600. The lowest BCUT2D eigenvalue weighted by Gasteiger charge is -2.15. The number of hydrogen-bond acceptors (Lipinski definition) is 2. The van der Waals surface area contributed by atoms with Crippen molar-refractivity contribution in [3.8, 4) is 0 Å². The summed E-state index contributed by atoms with van der Waals surface area (Å²) in [6, 6.07) is 6.28. The summed E-state index contributed by atoms with van der Waals surface area (Å²) in [5.74, 6) is 0.840. The third-order valence-electron chi connectivity index (χ3n) is 3.71. The van der Waals surface area contributed by atoms with Crippen molar-refractivity contribution in [1.29, 1.82) is 0 Å². The molecule has 2 rings (SSSR count). The Morgan fingerprint density at radius 1 is 1.24 bits per heavy atom. The molecule has 0 heterocycles. The van der Waals surface area contributed by atoms with Crippen LogP contribution in [0.1, 0.15) is 48.5 Å². The van der Waals surface area contributed by atoms with Crippen molar-refractivity contribution < 1.29 is 5.11 Å². The lowest BCUT2D eigenvalue weighted by molar-refractivity contribution is 0.204. The molecule has 0 radical (unpaired) electrons. The largest absolute Gasteiger partial charge is 0.388 e. The Balaban J connectivity index is 1.89. The van der Waals surface area contributed by atoms with E-state index in [9.17, 15) is 5.11 Å². The topological polar surface area (TPSA) is 20.2 Å². The molecule has 17 heavy (non-hydrogen) atoms. The Kier molecular flexibility index (Phi) is 4.52. The van der Waals surface area contributed by atoms with Gasteiger partial charge in [-0.25, -0.2) is 0 Å². The molecule has 1 unspecified atom stereocenters. The summed E-state index contributed by atoms with van der Waals surface area (Å²) in [5.41, 5.74) is 3.63. The summed E-state index contributed by atoms with van der Waals surface area (Å²) in [4.78, 5) is 0.